The number of nitrogens with one attached hydrogen (secondary N) is 3. The number of aryl methyl sites for hydroxylation is 6. The zero-order chi connectivity index (χ0) is 51.4. The summed E-state index contributed by atoms with van der Waals surface area (Å²) >= 11 is 9.21. The van der Waals surface area contributed by atoms with Crippen LogP contribution in [0, 0.1) is 41.5 Å². The number of hydrogen-bond donors (Lipinski definition) is 5. The smallest absolute Gasteiger partial charge is 0.232 e. The molecule has 0 fully saturated rings. The van der Waals surface area contributed by atoms with Crippen molar-refractivity contribution in [3.63, 3.8) is 0 Å². The summed E-state index contributed by atoms with van der Waals surface area (Å²) in [4.78, 5) is 27.5. The number of thiol groups is 2. The highest BCUT2D eigenvalue weighted by molar-refractivity contribution is 7.80. The van der Waals surface area contributed by atoms with E-state index in [0.717, 1.165) is 49.6 Å². The van der Waals surface area contributed by atoms with Gasteiger partial charge < -0.3 is 16.0 Å². The van der Waals surface area contributed by atoms with Crippen LogP contribution in [-0.2, 0) is 0 Å². The lowest BCUT2D eigenvalue weighted by molar-refractivity contribution is 0.928. The Kier molecular flexibility index (Phi) is 34.4. The summed E-state index contributed by atoms with van der Waals surface area (Å²) in [7, 11) is 0. The summed E-state index contributed by atoms with van der Waals surface area (Å²) in [6.07, 6.45) is 4.08. The molecule has 0 aliphatic rings. The third kappa shape index (κ3) is 26.1. The number of hydrogen-bond acceptors (Lipinski definition) is 11. The Balaban J connectivity index is 0.00000103. The molecule has 0 radical (unpaired) electrons. The van der Waals surface area contributed by atoms with E-state index in [0.29, 0.717) is 23.7 Å². The molecule has 3 N–H and O–H groups in total. The maximum atomic E-state index is 4.65. The molecule has 0 bridgehead atoms. The normalized spacial score (nSPS) is 9.26. The van der Waals surface area contributed by atoms with Gasteiger partial charge in [-0.05, 0) is 101 Å². The van der Waals surface area contributed by atoms with Crippen LogP contribution in [0.4, 0.5) is 34.9 Å². The third-order valence-corrected chi connectivity index (χ3v) is 9.24. The zero-order valence-electron chi connectivity index (χ0n) is 43.2. The van der Waals surface area contributed by atoms with Gasteiger partial charge in [0, 0.05) is 26.9 Å². The second kappa shape index (κ2) is 38.1. The SMILES string of the molecule is C.CC.CC.CC.CC.Cc1ccc(/C=C/c2ccc(Nc3nc(C)nc(Nc4ccccc4)n3)cc2S)c(S)c1.Cc1ccccc1.Cc1ccccc1.Cc1nc(C)nc(Nc2ccccc2)n1. The summed E-state index contributed by atoms with van der Waals surface area (Å²) in [5, 5.41) is 9.56. The number of nitrogens with zero attached hydrogens (tertiary/aromatic N) is 6. The van der Waals surface area contributed by atoms with E-state index in [1.807, 2.05) is 204 Å². The third-order valence-electron chi connectivity index (χ3n) is 8.46. The summed E-state index contributed by atoms with van der Waals surface area (Å²) < 4.78 is 0. The number of rotatable bonds is 8. The van der Waals surface area contributed by atoms with E-state index in [4.69, 9.17) is 0 Å². The summed E-state index contributed by atoms with van der Waals surface area (Å²) in [5.74, 6) is 3.60. The molecular weight excluding hydrogens is 899 g/mol. The van der Waals surface area contributed by atoms with Crippen LogP contribution in [0.3, 0.4) is 0 Å². The molecule has 0 aliphatic carbocycles. The van der Waals surface area contributed by atoms with Crippen molar-refractivity contribution in [3.8, 4) is 0 Å². The molecular formula is C59H79N9S2. The molecule has 0 spiro atoms. The molecule has 2 heterocycles. The van der Waals surface area contributed by atoms with Gasteiger partial charge in [0.2, 0.25) is 17.8 Å². The lowest BCUT2D eigenvalue weighted by Gasteiger charge is -2.10. The van der Waals surface area contributed by atoms with Crippen LogP contribution in [0.2, 0.25) is 0 Å². The van der Waals surface area contributed by atoms with Crippen molar-refractivity contribution < 1.29 is 0 Å². The molecule has 70 heavy (non-hydrogen) atoms. The van der Waals surface area contributed by atoms with Gasteiger partial charge in [0.15, 0.2) is 0 Å². The molecule has 6 aromatic carbocycles. The van der Waals surface area contributed by atoms with E-state index in [2.05, 4.69) is 134 Å². The van der Waals surface area contributed by atoms with Gasteiger partial charge in [-0.25, -0.2) is 4.98 Å². The van der Waals surface area contributed by atoms with E-state index in [1.54, 1.807) is 0 Å². The largest absolute Gasteiger partial charge is 0.324 e. The molecule has 372 valence electrons. The molecule has 2 aromatic heterocycles. The van der Waals surface area contributed by atoms with Gasteiger partial charge >= 0.3 is 0 Å². The first-order chi connectivity index (χ1) is 33.5. The molecule has 0 amide bonds. The molecule has 0 unspecified atom stereocenters. The van der Waals surface area contributed by atoms with Crippen LogP contribution in [0.5, 0.6) is 0 Å². The molecule has 0 saturated heterocycles. The Morgan fingerprint density at radius 3 is 0.986 bits per heavy atom. The van der Waals surface area contributed by atoms with Crippen LogP contribution < -0.4 is 16.0 Å². The van der Waals surface area contributed by atoms with Gasteiger partial charge in [-0.3, -0.25) is 0 Å². The fraction of sp³-hybridized carbons (Fsp3) is 0.254. The van der Waals surface area contributed by atoms with E-state index < -0.39 is 0 Å². The zero-order valence-corrected chi connectivity index (χ0v) is 45.0. The average molecular weight is 978 g/mol. The molecule has 8 rings (SSSR count). The van der Waals surface area contributed by atoms with Gasteiger partial charge in [-0.15, -0.1) is 25.3 Å². The monoisotopic (exact) mass is 978 g/mol. The van der Waals surface area contributed by atoms with Gasteiger partial charge in [-0.2, -0.15) is 24.9 Å². The van der Waals surface area contributed by atoms with Crippen molar-refractivity contribution in [1.29, 1.82) is 0 Å². The van der Waals surface area contributed by atoms with E-state index >= 15 is 0 Å². The van der Waals surface area contributed by atoms with Crippen molar-refractivity contribution in [2.75, 3.05) is 16.0 Å². The summed E-state index contributed by atoms with van der Waals surface area (Å²) in [6.45, 7) is 27.8. The van der Waals surface area contributed by atoms with Crippen molar-refractivity contribution >= 4 is 72.3 Å². The van der Waals surface area contributed by atoms with Gasteiger partial charge in [0.05, 0.1) is 0 Å². The summed E-state index contributed by atoms with van der Waals surface area (Å²) in [5.41, 5.74) is 8.63. The minimum atomic E-state index is 0. The highest BCUT2D eigenvalue weighted by Crippen LogP contribution is 2.25. The molecule has 0 aliphatic heterocycles. The topological polar surface area (TPSA) is 113 Å². The fourth-order valence-corrected chi connectivity index (χ4v) is 6.14. The second-order valence-corrected chi connectivity index (χ2v) is 14.8. The second-order valence-electron chi connectivity index (χ2n) is 13.9. The Morgan fingerprint density at radius 2 is 0.643 bits per heavy atom. The Bertz CT molecular complexity index is 2540. The Hall–Kier alpha value is -6.82. The van der Waals surface area contributed by atoms with Crippen molar-refractivity contribution in [2.45, 2.75) is 114 Å². The van der Waals surface area contributed by atoms with Crippen LogP contribution in [0.1, 0.15) is 108 Å². The first-order valence-electron chi connectivity index (χ1n) is 23.7. The first kappa shape index (κ1) is 63.2. The van der Waals surface area contributed by atoms with Crippen molar-refractivity contribution in [2.24, 2.45) is 0 Å². The van der Waals surface area contributed by atoms with Gasteiger partial charge in [0.25, 0.3) is 0 Å². The van der Waals surface area contributed by atoms with E-state index in [9.17, 15) is 0 Å². The number of benzene rings is 6. The number of para-hydroxylation sites is 2. The molecule has 11 heteroatoms. The Morgan fingerprint density at radius 1 is 0.329 bits per heavy atom. The quantitative estimate of drug-likeness (QED) is 0.0750. The lowest BCUT2D eigenvalue weighted by atomic mass is 10.1. The standard InChI is InChI=1S/C25H23N5S2.C11H12N4.2C7H8.4C2H6.CH4/c1-16-8-9-18(22(31)14-16)10-11-19-12-13-21(15-23(19)32)29-25-27-17(2)26-24(30-25)28-20-6-4-3-5-7-20;1-8-12-9(2)14-11(13-8)15-10-6-4-3-5-7-10;2*1-7-5-3-2-4-6-7;4*1-2;/h3-15,31-32H,1-2H3,(H2,26,27,28,29,30);3-7H,1-2H3,(H,12,13,14,15);2*2-6H,1H3;4*1-2H3;1H4/b11-10+;;;;;;;;. The van der Waals surface area contributed by atoms with E-state index in [-0.39, 0.29) is 7.43 Å². The predicted molar refractivity (Wildman–Crippen MR) is 312 cm³/mol. The first-order valence-corrected chi connectivity index (χ1v) is 24.6. The maximum Gasteiger partial charge on any atom is 0.232 e. The van der Waals surface area contributed by atoms with Crippen LogP contribution in [-0.4, -0.2) is 29.9 Å². The predicted octanol–water partition coefficient (Wildman–Crippen LogP) is 17.7. The minimum absolute atomic E-state index is 0. The van der Waals surface area contributed by atoms with Crippen LogP contribution >= 0.6 is 25.3 Å². The highest BCUT2D eigenvalue weighted by Gasteiger charge is 2.07. The fourth-order valence-electron chi connectivity index (χ4n) is 5.50. The highest BCUT2D eigenvalue weighted by atomic mass is 32.1. The van der Waals surface area contributed by atoms with Crippen LogP contribution in [0.25, 0.3) is 12.2 Å². The van der Waals surface area contributed by atoms with Gasteiger partial charge in [0.1, 0.15) is 17.5 Å². The van der Waals surface area contributed by atoms with E-state index in [1.165, 1.54) is 16.7 Å². The van der Waals surface area contributed by atoms with Crippen LogP contribution in [0.15, 0.2) is 168 Å². The Labute approximate surface area is 433 Å². The minimum Gasteiger partial charge on any atom is -0.324 e. The molecule has 9 nitrogen and oxygen atoms in total. The maximum absolute atomic E-state index is 4.65. The van der Waals surface area contributed by atoms with Crippen molar-refractivity contribution in [3.05, 3.63) is 203 Å². The van der Waals surface area contributed by atoms with Crippen molar-refractivity contribution in [1.82, 2.24) is 29.9 Å². The molecule has 0 saturated carbocycles. The van der Waals surface area contributed by atoms with Gasteiger partial charge in [-0.1, -0.05) is 201 Å². The molecule has 8 aromatic rings. The molecule has 0 atom stereocenters. The number of aromatic nitrogens is 6. The lowest BCUT2D eigenvalue weighted by Crippen LogP contribution is -2.05. The number of anilines is 6. The average Bonchev–Trinajstić information content (AvgIpc) is 3.36. The summed E-state index contributed by atoms with van der Waals surface area (Å²) in [6, 6.07) is 52.2.